The van der Waals surface area contributed by atoms with Crippen molar-refractivity contribution >= 4 is 6.09 Å². The Labute approximate surface area is 121 Å². The van der Waals surface area contributed by atoms with Crippen molar-refractivity contribution in [2.75, 3.05) is 0 Å². The number of carbonyl (C=O) groups excluding carboxylic acids is 1. The fourth-order valence-electron chi connectivity index (χ4n) is 1.63. The quantitative estimate of drug-likeness (QED) is 0.871. The summed E-state index contributed by atoms with van der Waals surface area (Å²) in [6.45, 7) is 5.12. The van der Waals surface area contributed by atoms with Gasteiger partial charge in [-0.15, -0.1) is 4.68 Å². The zero-order valence-corrected chi connectivity index (χ0v) is 12.0. The minimum atomic E-state index is -0.826. The first kappa shape index (κ1) is 14.8. The third-order valence-corrected chi connectivity index (χ3v) is 2.53. The molecular formula is C15H16N2O4. The number of aromatic nitrogens is 2. The van der Waals surface area contributed by atoms with E-state index in [1.807, 2.05) is 0 Å². The highest BCUT2D eigenvalue weighted by Gasteiger charge is 2.20. The van der Waals surface area contributed by atoms with Gasteiger partial charge in [-0.3, -0.25) is 4.79 Å². The molecule has 2 aromatic rings. The van der Waals surface area contributed by atoms with Crippen LogP contribution in [0.1, 0.15) is 20.8 Å². The third kappa shape index (κ3) is 3.68. The van der Waals surface area contributed by atoms with Gasteiger partial charge >= 0.3 is 6.09 Å². The molecule has 0 aliphatic heterocycles. The van der Waals surface area contributed by atoms with Crippen molar-refractivity contribution in [3.8, 4) is 17.0 Å². The smallest absolute Gasteiger partial charge is 0.438 e. The normalized spacial score (nSPS) is 11.2. The largest absolute Gasteiger partial charge is 0.508 e. The molecule has 6 heteroatoms. The molecule has 0 saturated carbocycles. The van der Waals surface area contributed by atoms with Crippen LogP contribution in [0.2, 0.25) is 0 Å². The van der Waals surface area contributed by atoms with Crippen molar-refractivity contribution in [3.63, 3.8) is 0 Å². The van der Waals surface area contributed by atoms with Gasteiger partial charge in [0.1, 0.15) is 11.4 Å². The first-order valence-corrected chi connectivity index (χ1v) is 6.39. The second-order valence-electron chi connectivity index (χ2n) is 5.50. The summed E-state index contributed by atoms with van der Waals surface area (Å²) in [5.74, 6) is 0.124. The average molecular weight is 288 g/mol. The van der Waals surface area contributed by atoms with E-state index in [-0.39, 0.29) is 5.75 Å². The fourth-order valence-corrected chi connectivity index (χ4v) is 1.63. The summed E-state index contributed by atoms with van der Waals surface area (Å²) in [5.41, 5.74) is -0.176. The number of rotatable bonds is 1. The maximum Gasteiger partial charge on any atom is 0.438 e. The Bertz CT molecular complexity index is 712. The summed E-state index contributed by atoms with van der Waals surface area (Å²) in [7, 11) is 0. The second kappa shape index (κ2) is 5.40. The van der Waals surface area contributed by atoms with Gasteiger partial charge in [-0.1, -0.05) is 0 Å². The third-order valence-electron chi connectivity index (χ3n) is 2.53. The molecule has 0 aliphatic rings. The highest BCUT2D eigenvalue weighted by Crippen LogP contribution is 2.19. The van der Waals surface area contributed by atoms with E-state index in [1.54, 1.807) is 32.9 Å². The summed E-state index contributed by atoms with van der Waals surface area (Å²) >= 11 is 0. The van der Waals surface area contributed by atoms with Gasteiger partial charge in [-0.25, -0.2) is 4.79 Å². The first-order valence-electron chi connectivity index (χ1n) is 6.39. The molecule has 110 valence electrons. The van der Waals surface area contributed by atoms with Gasteiger partial charge in [0.25, 0.3) is 5.56 Å². The lowest BCUT2D eigenvalue weighted by Gasteiger charge is -2.19. The van der Waals surface area contributed by atoms with E-state index >= 15 is 0 Å². The van der Waals surface area contributed by atoms with Crippen LogP contribution >= 0.6 is 0 Å². The number of phenols is 1. The molecule has 1 N–H and O–H groups in total. The topological polar surface area (TPSA) is 81.4 Å². The monoisotopic (exact) mass is 288 g/mol. The molecule has 6 nitrogen and oxygen atoms in total. The number of hydrogen-bond acceptors (Lipinski definition) is 5. The Kier molecular flexibility index (Phi) is 3.80. The van der Waals surface area contributed by atoms with Gasteiger partial charge in [0.2, 0.25) is 0 Å². The SMILES string of the molecule is CC(C)(C)OC(=O)n1nc(-c2ccc(O)cc2)ccc1=O. The maximum atomic E-state index is 12.0. The number of ether oxygens (including phenoxy) is 1. The van der Waals surface area contributed by atoms with E-state index in [1.165, 1.54) is 24.3 Å². The molecule has 0 aliphatic carbocycles. The number of benzene rings is 1. The summed E-state index contributed by atoms with van der Waals surface area (Å²) in [5, 5.41) is 13.3. The van der Waals surface area contributed by atoms with Crippen molar-refractivity contribution in [2.45, 2.75) is 26.4 Å². The van der Waals surface area contributed by atoms with E-state index < -0.39 is 17.3 Å². The van der Waals surface area contributed by atoms with Crippen LogP contribution in [0.4, 0.5) is 4.79 Å². The highest BCUT2D eigenvalue weighted by atomic mass is 16.6. The Hall–Kier alpha value is -2.63. The van der Waals surface area contributed by atoms with Crippen LogP contribution in [0.25, 0.3) is 11.3 Å². The lowest BCUT2D eigenvalue weighted by Crippen LogP contribution is -2.35. The van der Waals surface area contributed by atoms with Gasteiger partial charge in [-0.05, 0) is 51.1 Å². The number of carbonyl (C=O) groups is 1. The van der Waals surface area contributed by atoms with E-state index in [4.69, 9.17) is 4.74 Å². The summed E-state index contributed by atoms with van der Waals surface area (Å²) < 4.78 is 5.82. The van der Waals surface area contributed by atoms with Crippen LogP contribution in [0.15, 0.2) is 41.2 Å². The minimum absolute atomic E-state index is 0.124. The fraction of sp³-hybridized carbons (Fsp3) is 0.267. The van der Waals surface area contributed by atoms with Crippen LogP contribution in [0.3, 0.4) is 0 Å². The predicted octanol–water partition coefficient (Wildman–Crippen LogP) is 2.40. The standard InChI is InChI=1S/C15H16N2O4/c1-15(2,3)21-14(20)17-13(19)9-8-12(16-17)10-4-6-11(18)7-5-10/h4-9,18H,1-3H3. The van der Waals surface area contributed by atoms with E-state index in [0.29, 0.717) is 15.9 Å². The van der Waals surface area contributed by atoms with Crippen LogP contribution in [0, 0.1) is 0 Å². The molecule has 1 aromatic heterocycles. The Balaban J connectivity index is 2.40. The maximum absolute atomic E-state index is 12.0. The van der Waals surface area contributed by atoms with Gasteiger partial charge in [-0.2, -0.15) is 5.10 Å². The van der Waals surface area contributed by atoms with Crippen molar-refractivity contribution < 1.29 is 14.6 Å². The molecule has 0 bridgehead atoms. The van der Waals surface area contributed by atoms with Crippen molar-refractivity contribution in [2.24, 2.45) is 0 Å². The second-order valence-corrected chi connectivity index (χ2v) is 5.50. The summed E-state index contributed by atoms with van der Waals surface area (Å²) in [6.07, 6.45) is -0.826. The molecule has 0 saturated heterocycles. The molecule has 0 amide bonds. The van der Waals surface area contributed by atoms with E-state index in [0.717, 1.165) is 0 Å². The summed E-state index contributed by atoms with van der Waals surface area (Å²) in [4.78, 5) is 23.7. The molecule has 21 heavy (non-hydrogen) atoms. The average Bonchev–Trinajstić information content (AvgIpc) is 2.38. The molecule has 0 radical (unpaired) electrons. The van der Waals surface area contributed by atoms with Crippen LogP contribution < -0.4 is 5.56 Å². The molecule has 1 heterocycles. The lowest BCUT2D eigenvalue weighted by molar-refractivity contribution is 0.0506. The molecule has 0 atom stereocenters. The molecule has 0 spiro atoms. The van der Waals surface area contributed by atoms with Crippen molar-refractivity contribution in [1.29, 1.82) is 0 Å². The van der Waals surface area contributed by atoms with Crippen LogP contribution in [-0.2, 0) is 4.74 Å². The van der Waals surface area contributed by atoms with Gasteiger partial charge in [0.15, 0.2) is 0 Å². The molecule has 0 fully saturated rings. The zero-order valence-electron chi connectivity index (χ0n) is 12.0. The van der Waals surface area contributed by atoms with Crippen LogP contribution in [0.5, 0.6) is 5.75 Å². The first-order chi connectivity index (χ1) is 9.76. The Morgan fingerprint density at radius 1 is 1.14 bits per heavy atom. The van der Waals surface area contributed by atoms with Crippen LogP contribution in [-0.4, -0.2) is 26.6 Å². The molecule has 1 aromatic carbocycles. The van der Waals surface area contributed by atoms with Crippen molar-refractivity contribution in [3.05, 3.63) is 46.8 Å². The Morgan fingerprint density at radius 3 is 2.33 bits per heavy atom. The Morgan fingerprint density at radius 2 is 1.76 bits per heavy atom. The number of aromatic hydroxyl groups is 1. The van der Waals surface area contributed by atoms with Gasteiger partial charge < -0.3 is 9.84 Å². The number of phenolic OH excluding ortho intramolecular Hbond substituents is 1. The molecule has 0 unspecified atom stereocenters. The van der Waals surface area contributed by atoms with Gasteiger partial charge in [0.05, 0.1) is 5.69 Å². The summed E-state index contributed by atoms with van der Waals surface area (Å²) in [6, 6.07) is 9.04. The molecular weight excluding hydrogens is 272 g/mol. The van der Waals surface area contributed by atoms with E-state index in [9.17, 15) is 14.7 Å². The predicted molar refractivity (Wildman–Crippen MR) is 77.2 cm³/mol. The zero-order chi connectivity index (χ0) is 15.6. The number of nitrogens with zero attached hydrogens (tertiary/aromatic N) is 2. The number of hydrogen-bond donors (Lipinski definition) is 1. The molecule has 2 rings (SSSR count). The van der Waals surface area contributed by atoms with Crippen molar-refractivity contribution in [1.82, 2.24) is 9.78 Å². The lowest BCUT2D eigenvalue weighted by atomic mass is 10.1. The highest BCUT2D eigenvalue weighted by molar-refractivity contribution is 5.70. The minimum Gasteiger partial charge on any atom is -0.508 e. The van der Waals surface area contributed by atoms with Gasteiger partial charge in [0, 0.05) is 11.6 Å². The van der Waals surface area contributed by atoms with E-state index in [2.05, 4.69) is 5.10 Å².